The molecular formula is C16H26N4O. The van der Waals surface area contributed by atoms with E-state index in [9.17, 15) is 4.79 Å². The summed E-state index contributed by atoms with van der Waals surface area (Å²) in [6.07, 6.45) is 12.7. The van der Waals surface area contributed by atoms with E-state index >= 15 is 0 Å². The quantitative estimate of drug-likeness (QED) is 0.865. The maximum absolute atomic E-state index is 12.0. The number of aryl methyl sites for hydroxylation is 1. The summed E-state index contributed by atoms with van der Waals surface area (Å²) in [6, 6.07) is 1.11. The van der Waals surface area contributed by atoms with Crippen molar-refractivity contribution in [3.8, 4) is 0 Å². The van der Waals surface area contributed by atoms with Crippen molar-refractivity contribution in [1.29, 1.82) is 0 Å². The predicted octanol–water partition coefficient (Wildman–Crippen LogP) is 1.99. The molecule has 1 unspecified atom stereocenters. The molecule has 0 bridgehead atoms. The van der Waals surface area contributed by atoms with Crippen LogP contribution in [0.4, 0.5) is 5.82 Å². The molecule has 3 rings (SSSR count). The molecule has 2 aliphatic rings. The summed E-state index contributed by atoms with van der Waals surface area (Å²) in [4.78, 5) is 18.8. The zero-order chi connectivity index (χ0) is 14.7. The van der Waals surface area contributed by atoms with Crippen LogP contribution in [0.15, 0.2) is 17.2 Å². The number of likely N-dealkylation sites (tertiary alicyclic amines) is 1. The lowest BCUT2D eigenvalue weighted by molar-refractivity contribution is 0.219. The molecule has 1 aliphatic heterocycles. The molecule has 1 saturated carbocycles. The molecule has 5 heteroatoms. The van der Waals surface area contributed by atoms with Gasteiger partial charge in [0.05, 0.1) is 0 Å². The van der Waals surface area contributed by atoms with E-state index in [-0.39, 0.29) is 5.56 Å². The first-order valence-corrected chi connectivity index (χ1v) is 8.26. The molecule has 1 aromatic rings. The van der Waals surface area contributed by atoms with Crippen LogP contribution >= 0.6 is 0 Å². The third-order valence-corrected chi connectivity index (χ3v) is 4.92. The molecule has 0 spiro atoms. The second-order valence-corrected chi connectivity index (χ2v) is 6.46. The highest BCUT2D eigenvalue weighted by molar-refractivity contribution is 5.32. The maximum Gasteiger partial charge on any atom is 0.293 e. The third-order valence-electron chi connectivity index (χ3n) is 4.92. The second-order valence-electron chi connectivity index (χ2n) is 6.46. The van der Waals surface area contributed by atoms with Gasteiger partial charge >= 0.3 is 0 Å². The van der Waals surface area contributed by atoms with Crippen molar-refractivity contribution in [1.82, 2.24) is 14.5 Å². The van der Waals surface area contributed by atoms with Gasteiger partial charge in [-0.05, 0) is 19.3 Å². The lowest BCUT2D eigenvalue weighted by Gasteiger charge is -2.26. The Labute approximate surface area is 126 Å². The van der Waals surface area contributed by atoms with Gasteiger partial charge in [-0.2, -0.15) is 0 Å². The fourth-order valence-electron chi connectivity index (χ4n) is 3.65. The monoisotopic (exact) mass is 290 g/mol. The first-order valence-electron chi connectivity index (χ1n) is 8.26. The molecule has 5 nitrogen and oxygen atoms in total. The summed E-state index contributed by atoms with van der Waals surface area (Å²) in [7, 11) is 1.77. The van der Waals surface area contributed by atoms with Gasteiger partial charge in [0.2, 0.25) is 0 Å². The minimum Gasteiger partial charge on any atom is -0.361 e. The fourth-order valence-corrected chi connectivity index (χ4v) is 3.65. The molecule has 2 fully saturated rings. The Kier molecular flexibility index (Phi) is 4.58. The van der Waals surface area contributed by atoms with Crippen LogP contribution in [0.25, 0.3) is 0 Å². The van der Waals surface area contributed by atoms with Crippen LogP contribution < -0.4 is 10.9 Å². The maximum atomic E-state index is 12.0. The van der Waals surface area contributed by atoms with Gasteiger partial charge in [-0.1, -0.05) is 25.7 Å². The van der Waals surface area contributed by atoms with Crippen LogP contribution in [0.1, 0.15) is 44.9 Å². The highest BCUT2D eigenvalue weighted by Gasteiger charge is 2.29. The minimum atomic E-state index is -0.0367. The van der Waals surface area contributed by atoms with Gasteiger partial charge in [0.15, 0.2) is 5.82 Å². The Bertz CT molecular complexity index is 519. The Hall–Kier alpha value is -1.36. The van der Waals surface area contributed by atoms with Gasteiger partial charge in [-0.3, -0.25) is 9.69 Å². The van der Waals surface area contributed by atoms with Gasteiger partial charge in [-0.25, -0.2) is 4.98 Å². The highest BCUT2D eigenvalue weighted by Crippen LogP contribution is 2.25. The summed E-state index contributed by atoms with van der Waals surface area (Å²) in [5, 5.41) is 3.35. The number of hydrogen-bond donors (Lipinski definition) is 1. The highest BCUT2D eigenvalue weighted by atomic mass is 16.1. The molecule has 1 N–H and O–H groups in total. The Morgan fingerprint density at radius 2 is 1.95 bits per heavy atom. The molecule has 1 aromatic heterocycles. The van der Waals surface area contributed by atoms with E-state index < -0.39 is 0 Å². The van der Waals surface area contributed by atoms with Gasteiger partial charge < -0.3 is 9.88 Å². The van der Waals surface area contributed by atoms with Crippen molar-refractivity contribution in [3.05, 3.63) is 22.7 Å². The fraction of sp³-hybridized carbons (Fsp3) is 0.750. The molecule has 0 radical (unpaired) electrons. The van der Waals surface area contributed by atoms with Crippen molar-refractivity contribution in [2.75, 3.05) is 18.4 Å². The molecule has 21 heavy (non-hydrogen) atoms. The summed E-state index contributed by atoms with van der Waals surface area (Å²) >= 11 is 0. The largest absolute Gasteiger partial charge is 0.361 e. The number of rotatable bonds is 3. The Morgan fingerprint density at radius 1 is 1.19 bits per heavy atom. The van der Waals surface area contributed by atoms with Gasteiger partial charge in [0, 0.05) is 44.6 Å². The molecule has 1 saturated heterocycles. The molecular weight excluding hydrogens is 264 g/mol. The Morgan fingerprint density at radius 3 is 2.71 bits per heavy atom. The van der Waals surface area contributed by atoms with Gasteiger partial charge in [0.1, 0.15) is 0 Å². The van der Waals surface area contributed by atoms with E-state index in [0.29, 0.717) is 11.9 Å². The Balaban J connectivity index is 1.59. The van der Waals surface area contributed by atoms with Crippen molar-refractivity contribution >= 4 is 5.82 Å². The molecule has 1 aliphatic carbocycles. The van der Waals surface area contributed by atoms with E-state index in [0.717, 1.165) is 25.6 Å². The normalized spacial score (nSPS) is 24.9. The standard InChI is InChI=1S/C16H26N4O/c1-19-11-9-17-15(16(19)21)18-13-8-10-20(12-13)14-6-4-2-3-5-7-14/h9,11,13-14H,2-8,10,12H2,1H3,(H,17,18). The SMILES string of the molecule is Cn1ccnc(NC2CCN(C3CCCCCC3)C2)c1=O. The van der Waals surface area contributed by atoms with Crippen LogP contribution in [-0.2, 0) is 7.05 Å². The summed E-state index contributed by atoms with van der Waals surface area (Å²) in [6.45, 7) is 2.19. The molecule has 1 atom stereocenters. The first kappa shape index (κ1) is 14.6. The van der Waals surface area contributed by atoms with Crippen molar-refractivity contribution in [2.24, 2.45) is 7.05 Å². The van der Waals surface area contributed by atoms with E-state index in [4.69, 9.17) is 0 Å². The average Bonchev–Trinajstić information content (AvgIpc) is 2.77. The zero-order valence-electron chi connectivity index (χ0n) is 12.9. The van der Waals surface area contributed by atoms with Crippen molar-refractivity contribution < 1.29 is 0 Å². The van der Waals surface area contributed by atoms with E-state index in [1.54, 1.807) is 24.0 Å². The van der Waals surface area contributed by atoms with Crippen LogP contribution in [0, 0.1) is 0 Å². The number of nitrogens with zero attached hydrogens (tertiary/aromatic N) is 3. The van der Waals surface area contributed by atoms with Crippen LogP contribution in [0.2, 0.25) is 0 Å². The number of anilines is 1. The van der Waals surface area contributed by atoms with Gasteiger partial charge in [0.25, 0.3) is 5.56 Å². The van der Waals surface area contributed by atoms with Gasteiger partial charge in [-0.15, -0.1) is 0 Å². The predicted molar refractivity (Wildman–Crippen MR) is 84.6 cm³/mol. The lowest BCUT2D eigenvalue weighted by atomic mass is 10.1. The molecule has 116 valence electrons. The molecule has 2 heterocycles. The first-order chi connectivity index (χ1) is 10.2. The average molecular weight is 290 g/mol. The van der Waals surface area contributed by atoms with Crippen LogP contribution in [-0.4, -0.2) is 39.6 Å². The summed E-state index contributed by atoms with van der Waals surface area (Å²) < 4.78 is 1.58. The van der Waals surface area contributed by atoms with Crippen molar-refractivity contribution in [3.63, 3.8) is 0 Å². The van der Waals surface area contributed by atoms with Crippen molar-refractivity contribution in [2.45, 2.75) is 57.0 Å². The number of aromatic nitrogens is 2. The number of nitrogens with one attached hydrogen (secondary N) is 1. The topological polar surface area (TPSA) is 50.2 Å². The minimum absolute atomic E-state index is 0.0367. The smallest absolute Gasteiger partial charge is 0.293 e. The second kappa shape index (κ2) is 6.60. The van der Waals surface area contributed by atoms with E-state index in [1.165, 1.54) is 38.5 Å². The lowest BCUT2D eigenvalue weighted by Crippen LogP contribution is -2.36. The summed E-state index contributed by atoms with van der Waals surface area (Å²) in [5.74, 6) is 0.493. The third kappa shape index (κ3) is 3.46. The van der Waals surface area contributed by atoms with Crippen LogP contribution in [0.3, 0.4) is 0 Å². The molecule has 0 amide bonds. The van der Waals surface area contributed by atoms with Crippen LogP contribution in [0.5, 0.6) is 0 Å². The van der Waals surface area contributed by atoms with E-state index in [2.05, 4.69) is 15.2 Å². The summed E-state index contributed by atoms with van der Waals surface area (Å²) in [5.41, 5.74) is -0.0367. The number of hydrogen-bond acceptors (Lipinski definition) is 4. The van der Waals surface area contributed by atoms with E-state index in [1.807, 2.05) is 0 Å². The zero-order valence-corrected chi connectivity index (χ0v) is 12.9. The molecule has 0 aromatic carbocycles.